The van der Waals surface area contributed by atoms with E-state index in [0.29, 0.717) is 18.7 Å². The van der Waals surface area contributed by atoms with Crippen molar-refractivity contribution in [3.8, 4) is 11.3 Å². The number of carbonyl (C=O) groups is 1. The van der Waals surface area contributed by atoms with Crippen molar-refractivity contribution in [1.82, 2.24) is 19.5 Å². The van der Waals surface area contributed by atoms with Crippen LogP contribution in [-0.4, -0.2) is 51.6 Å². The molecule has 0 saturated carbocycles. The van der Waals surface area contributed by atoms with Gasteiger partial charge in [0.2, 0.25) is 0 Å². The van der Waals surface area contributed by atoms with Crippen molar-refractivity contribution in [3.63, 3.8) is 0 Å². The second kappa shape index (κ2) is 9.24. The van der Waals surface area contributed by atoms with Crippen molar-refractivity contribution < 1.29 is 4.79 Å². The van der Waals surface area contributed by atoms with Crippen LogP contribution in [0, 0.1) is 0 Å². The number of halogens is 1. The summed E-state index contributed by atoms with van der Waals surface area (Å²) in [6.45, 7) is 4.89. The fourth-order valence-electron chi connectivity index (χ4n) is 4.42. The van der Waals surface area contributed by atoms with Crippen LogP contribution in [0.25, 0.3) is 16.9 Å². The highest BCUT2D eigenvalue weighted by atomic mass is 35.5. The number of benzene rings is 2. The van der Waals surface area contributed by atoms with Crippen LogP contribution >= 0.6 is 11.6 Å². The summed E-state index contributed by atoms with van der Waals surface area (Å²) in [6, 6.07) is 19.9. The number of aromatic nitrogens is 3. The number of fused-ring (bicyclic) bond motifs is 1. The van der Waals surface area contributed by atoms with Crippen LogP contribution < -0.4 is 4.90 Å². The summed E-state index contributed by atoms with van der Waals surface area (Å²) in [5.74, 6) is 0.0171. The van der Waals surface area contributed by atoms with Crippen LogP contribution in [0.3, 0.4) is 0 Å². The highest BCUT2D eigenvalue weighted by Crippen LogP contribution is 2.27. The highest BCUT2D eigenvalue weighted by Gasteiger charge is 2.26. The lowest BCUT2D eigenvalue weighted by atomic mass is 10.1. The Hall–Kier alpha value is -3.38. The Labute approximate surface area is 198 Å². The second-order valence-electron chi connectivity index (χ2n) is 8.26. The van der Waals surface area contributed by atoms with Gasteiger partial charge in [-0.3, -0.25) is 4.79 Å². The minimum absolute atomic E-state index is 0.0171. The average molecular weight is 460 g/mol. The Morgan fingerprint density at radius 2 is 1.73 bits per heavy atom. The molecule has 1 fully saturated rings. The first-order valence-corrected chi connectivity index (χ1v) is 11.8. The average Bonchev–Trinajstić information content (AvgIpc) is 3.30. The molecule has 33 heavy (non-hydrogen) atoms. The number of nitrogens with zero attached hydrogens (tertiary/aromatic N) is 5. The molecule has 6 nitrogen and oxygen atoms in total. The third-order valence-electron chi connectivity index (χ3n) is 6.13. The summed E-state index contributed by atoms with van der Waals surface area (Å²) in [4.78, 5) is 22.3. The van der Waals surface area contributed by atoms with Crippen LogP contribution in [-0.2, 0) is 6.42 Å². The molecule has 0 spiro atoms. The maximum atomic E-state index is 13.5. The maximum Gasteiger partial charge on any atom is 0.257 e. The number of anilines is 1. The monoisotopic (exact) mass is 459 g/mol. The first-order valence-electron chi connectivity index (χ1n) is 11.4. The largest absolute Gasteiger partial charge is 0.367 e. The predicted molar refractivity (Wildman–Crippen MR) is 132 cm³/mol. The van der Waals surface area contributed by atoms with E-state index in [1.54, 1.807) is 6.20 Å². The molecule has 7 heteroatoms. The van der Waals surface area contributed by atoms with E-state index in [0.717, 1.165) is 59.2 Å². The molecule has 2 aromatic heterocycles. The first-order chi connectivity index (χ1) is 16.2. The molecule has 0 unspecified atom stereocenters. The Morgan fingerprint density at radius 1 is 1.00 bits per heavy atom. The molecule has 0 N–H and O–H groups in total. The predicted octanol–water partition coefficient (Wildman–Crippen LogP) is 4.96. The smallest absolute Gasteiger partial charge is 0.257 e. The zero-order chi connectivity index (χ0) is 22.8. The SMILES string of the molecule is CCCc1c(C(=O)N2CCN(c3ccccc3Cl)CC2)cnc2cc(-c3ccccc3)nn12. The summed E-state index contributed by atoms with van der Waals surface area (Å²) < 4.78 is 1.85. The van der Waals surface area contributed by atoms with Crippen LogP contribution in [0.5, 0.6) is 0 Å². The zero-order valence-electron chi connectivity index (χ0n) is 18.6. The molecule has 1 aliphatic heterocycles. The molecule has 168 valence electrons. The van der Waals surface area contributed by atoms with Gasteiger partial charge in [-0.15, -0.1) is 0 Å². The van der Waals surface area contributed by atoms with Gasteiger partial charge >= 0.3 is 0 Å². The topological polar surface area (TPSA) is 53.7 Å². The molecule has 1 aliphatic rings. The van der Waals surface area contributed by atoms with E-state index in [9.17, 15) is 4.79 Å². The summed E-state index contributed by atoms with van der Waals surface area (Å²) in [7, 11) is 0. The van der Waals surface area contributed by atoms with Crippen molar-refractivity contribution in [1.29, 1.82) is 0 Å². The molecular weight excluding hydrogens is 434 g/mol. The molecule has 4 aromatic rings. The van der Waals surface area contributed by atoms with Gasteiger partial charge in [0.05, 0.1) is 27.7 Å². The zero-order valence-corrected chi connectivity index (χ0v) is 19.4. The van der Waals surface area contributed by atoms with Crippen molar-refractivity contribution in [2.45, 2.75) is 19.8 Å². The molecule has 2 aromatic carbocycles. The van der Waals surface area contributed by atoms with E-state index in [1.165, 1.54) is 0 Å². The molecule has 5 rings (SSSR count). The fourth-order valence-corrected chi connectivity index (χ4v) is 4.67. The molecule has 0 aliphatic carbocycles. The Bertz CT molecular complexity index is 1280. The Morgan fingerprint density at radius 3 is 2.45 bits per heavy atom. The number of aryl methyl sites for hydroxylation is 1. The number of rotatable bonds is 5. The van der Waals surface area contributed by atoms with E-state index in [1.807, 2.05) is 70.1 Å². The number of hydrogen-bond donors (Lipinski definition) is 0. The summed E-state index contributed by atoms with van der Waals surface area (Å²) >= 11 is 6.37. The van der Waals surface area contributed by atoms with Crippen LogP contribution in [0.2, 0.25) is 5.02 Å². The second-order valence-corrected chi connectivity index (χ2v) is 8.67. The summed E-state index contributed by atoms with van der Waals surface area (Å²) in [6.07, 6.45) is 3.40. The summed E-state index contributed by atoms with van der Waals surface area (Å²) in [5.41, 5.74) is 5.23. The number of piperazine rings is 1. The molecule has 0 radical (unpaired) electrons. The lowest BCUT2D eigenvalue weighted by molar-refractivity contribution is 0.0744. The minimum Gasteiger partial charge on any atom is -0.367 e. The van der Waals surface area contributed by atoms with Gasteiger partial charge in [0.15, 0.2) is 5.65 Å². The Balaban J connectivity index is 1.41. The summed E-state index contributed by atoms with van der Waals surface area (Å²) in [5, 5.41) is 5.55. The third kappa shape index (κ3) is 4.18. The number of amides is 1. The quantitative estimate of drug-likeness (QED) is 0.423. The third-order valence-corrected chi connectivity index (χ3v) is 6.45. The van der Waals surface area contributed by atoms with Gasteiger partial charge in [-0.1, -0.05) is 67.4 Å². The van der Waals surface area contributed by atoms with Crippen molar-refractivity contribution in [2.75, 3.05) is 31.1 Å². The van der Waals surface area contributed by atoms with Crippen LogP contribution in [0.15, 0.2) is 66.9 Å². The maximum absolute atomic E-state index is 13.5. The van der Waals surface area contributed by atoms with Gasteiger partial charge in [0.1, 0.15) is 0 Å². The molecular formula is C26H26ClN5O. The Kier molecular flexibility index (Phi) is 6.01. The number of hydrogen-bond acceptors (Lipinski definition) is 4. The van der Waals surface area contributed by atoms with E-state index in [2.05, 4.69) is 16.8 Å². The van der Waals surface area contributed by atoms with Crippen LogP contribution in [0.4, 0.5) is 5.69 Å². The minimum atomic E-state index is 0.0171. The van der Waals surface area contributed by atoms with Gasteiger partial charge in [-0.25, -0.2) is 9.50 Å². The van der Waals surface area contributed by atoms with E-state index in [4.69, 9.17) is 16.7 Å². The van der Waals surface area contributed by atoms with Gasteiger partial charge in [-0.05, 0) is 18.6 Å². The van der Waals surface area contributed by atoms with Gasteiger partial charge < -0.3 is 9.80 Å². The van der Waals surface area contributed by atoms with Gasteiger partial charge in [0, 0.05) is 44.0 Å². The fraction of sp³-hybridized carbons (Fsp3) is 0.269. The van der Waals surface area contributed by atoms with Crippen molar-refractivity contribution in [2.24, 2.45) is 0 Å². The number of carbonyl (C=O) groups excluding carboxylic acids is 1. The van der Waals surface area contributed by atoms with E-state index in [-0.39, 0.29) is 5.91 Å². The lowest BCUT2D eigenvalue weighted by Gasteiger charge is -2.36. The van der Waals surface area contributed by atoms with Crippen molar-refractivity contribution in [3.05, 3.63) is 83.1 Å². The van der Waals surface area contributed by atoms with Crippen molar-refractivity contribution >= 4 is 28.8 Å². The highest BCUT2D eigenvalue weighted by molar-refractivity contribution is 6.33. The molecule has 3 heterocycles. The first kappa shape index (κ1) is 21.5. The number of para-hydroxylation sites is 1. The molecule has 0 bridgehead atoms. The normalized spacial score (nSPS) is 14.1. The van der Waals surface area contributed by atoms with E-state index < -0.39 is 0 Å². The standard InChI is InChI=1S/C26H26ClN5O/c1-2-8-23-20(18-28-25-17-22(29-32(23)25)19-9-4-3-5-10-19)26(33)31-15-13-30(14-16-31)24-12-7-6-11-21(24)27/h3-7,9-12,17-18H,2,8,13-16H2,1H3. The van der Waals surface area contributed by atoms with Gasteiger partial charge in [-0.2, -0.15) is 5.10 Å². The lowest BCUT2D eigenvalue weighted by Crippen LogP contribution is -2.49. The molecule has 0 atom stereocenters. The molecule has 1 saturated heterocycles. The molecule has 1 amide bonds. The van der Waals surface area contributed by atoms with E-state index >= 15 is 0 Å². The van der Waals surface area contributed by atoms with Gasteiger partial charge in [0.25, 0.3) is 5.91 Å². The van der Waals surface area contributed by atoms with Crippen LogP contribution in [0.1, 0.15) is 29.4 Å².